The molecule has 4 aromatic rings. The van der Waals surface area contributed by atoms with Crippen LogP contribution in [0.25, 0.3) is 11.0 Å². The minimum absolute atomic E-state index is 0.0255. The summed E-state index contributed by atoms with van der Waals surface area (Å²) in [5, 5.41) is 19.2. The highest BCUT2D eigenvalue weighted by Gasteiger charge is 2.34. The van der Waals surface area contributed by atoms with Gasteiger partial charge in [-0.05, 0) is 42.3 Å². The molecule has 0 spiro atoms. The number of hydrogen-bond donors (Lipinski definition) is 1. The molecular weight excluding hydrogens is 480 g/mol. The Morgan fingerprint density at radius 3 is 2.64 bits per heavy atom. The van der Waals surface area contributed by atoms with Crippen LogP contribution in [0, 0.1) is 0 Å². The van der Waals surface area contributed by atoms with E-state index in [4.69, 9.17) is 14.3 Å². The number of hydrazone groups is 1. The number of halogens is 1. The zero-order chi connectivity index (χ0) is 22.9. The van der Waals surface area contributed by atoms with E-state index in [0.29, 0.717) is 35.3 Å². The molecule has 6 heteroatoms. The molecule has 0 saturated heterocycles. The first-order valence-corrected chi connectivity index (χ1v) is 11.5. The van der Waals surface area contributed by atoms with Crippen molar-refractivity contribution in [3.8, 4) is 11.5 Å². The van der Waals surface area contributed by atoms with Crippen LogP contribution >= 0.6 is 15.9 Å². The molecule has 1 aliphatic heterocycles. The average Bonchev–Trinajstić information content (AvgIpc) is 3.49. The zero-order valence-corrected chi connectivity index (χ0v) is 19.7. The number of furan rings is 1. The van der Waals surface area contributed by atoms with E-state index in [0.717, 1.165) is 26.8 Å². The minimum Gasteiger partial charge on any atom is -0.507 e. The third-order valence-corrected chi connectivity index (χ3v) is 6.49. The summed E-state index contributed by atoms with van der Waals surface area (Å²) in [7, 11) is 1.61. The Balaban J connectivity index is 1.70. The predicted molar refractivity (Wildman–Crippen MR) is 135 cm³/mol. The largest absolute Gasteiger partial charge is 0.507 e. The van der Waals surface area contributed by atoms with Gasteiger partial charge in [-0.1, -0.05) is 52.3 Å². The van der Waals surface area contributed by atoms with E-state index in [1.807, 2.05) is 53.5 Å². The molecule has 2 heterocycles. The van der Waals surface area contributed by atoms with Gasteiger partial charge in [0.15, 0.2) is 0 Å². The standard InChI is InChI=1S/C27H23BrN2O3/c1-3-7-20-25(31)24(27(32-2)21-14-15-33-26(20)21)22-16-23(17-10-12-18(28)13-11-17)30(29-22)19-8-5-4-6-9-19/h3-6,8-15,23,31H,1,7,16H2,2H3. The summed E-state index contributed by atoms with van der Waals surface area (Å²) in [6.07, 6.45) is 4.45. The van der Waals surface area contributed by atoms with Gasteiger partial charge < -0.3 is 14.3 Å². The van der Waals surface area contributed by atoms with Crippen LogP contribution in [0.1, 0.15) is 29.2 Å². The summed E-state index contributed by atoms with van der Waals surface area (Å²) in [6.45, 7) is 3.84. The van der Waals surface area contributed by atoms with E-state index in [1.165, 1.54) is 0 Å². The lowest BCUT2D eigenvalue weighted by atomic mass is 9.93. The maximum Gasteiger partial charge on any atom is 0.144 e. The molecule has 1 aliphatic rings. The van der Waals surface area contributed by atoms with Gasteiger partial charge in [-0.15, -0.1) is 6.58 Å². The van der Waals surface area contributed by atoms with Crippen molar-refractivity contribution in [1.29, 1.82) is 0 Å². The summed E-state index contributed by atoms with van der Waals surface area (Å²) >= 11 is 3.52. The normalized spacial score (nSPS) is 15.6. The van der Waals surface area contributed by atoms with Crippen molar-refractivity contribution in [2.75, 3.05) is 12.1 Å². The predicted octanol–water partition coefficient (Wildman–Crippen LogP) is 6.99. The number of allylic oxidation sites excluding steroid dienone is 1. The van der Waals surface area contributed by atoms with Crippen molar-refractivity contribution in [1.82, 2.24) is 0 Å². The van der Waals surface area contributed by atoms with Gasteiger partial charge in [0.2, 0.25) is 0 Å². The van der Waals surface area contributed by atoms with Gasteiger partial charge in [0.05, 0.1) is 41.8 Å². The Morgan fingerprint density at radius 1 is 1.18 bits per heavy atom. The Bertz CT molecular complexity index is 1340. The molecule has 0 saturated carbocycles. The molecule has 0 radical (unpaired) electrons. The van der Waals surface area contributed by atoms with Crippen molar-refractivity contribution in [3.63, 3.8) is 0 Å². The monoisotopic (exact) mass is 502 g/mol. The molecule has 0 amide bonds. The number of phenolic OH excluding ortho intramolecular Hbond substituents is 1. The van der Waals surface area contributed by atoms with Crippen LogP contribution in [0.15, 0.2) is 93.6 Å². The van der Waals surface area contributed by atoms with Gasteiger partial charge in [-0.25, -0.2) is 0 Å². The Labute approximate surface area is 200 Å². The molecule has 5 rings (SSSR count). The topological polar surface area (TPSA) is 58.2 Å². The van der Waals surface area contributed by atoms with Crippen molar-refractivity contribution < 1.29 is 14.3 Å². The summed E-state index contributed by atoms with van der Waals surface area (Å²) in [5.74, 6) is 0.685. The second-order valence-electron chi connectivity index (χ2n) is 7.89. The Hall–Kier alpha value is -3.51. The van der Waals surface area contributed by atoms with E-state index in [2.05, 4.69) is 34.6 Å². The molecule has 1 unspecified atom stereocenters. The molecule has 1 atom stereocenters. The van der Waals surface area contributed by atoms with Crippen LogP contribution in [-0.2, 0) is 6.42 Å². The van der Waals surface area contributed by atoms with Crippen LogP contribution < -0.4 is 9.75 Å². The second kappa shape index (κ2) is 8.79. The van der Waals surface area contributed by atoms with Crippen LogP contribution in [0.4, 0.5) is 5.69 Å². The number of hydrogen-bond acceptors (Lipinski definition) is 5. The molecule has 0 bridgehead atoms. The molecule has 1 aromatic heterocycles. The zero-order valence-electron chi connectivity index (χ0n) is 18.2. The summed E-state index contributed by atoms with van der Waals surface area (Å²) in [6, 6.07) is 20.2. The summed E-state index contributed by atoms with van der Waals surface area (Å²) < 4.78 is 12.5. The molecular formula is C27H23BrN2O3. The van der Waals surface area contributed by atoms with Crippen LogP contribution in [-0.4, -0.2) is 17.9 Å². The number of phenols is 1. The first kappa shape index (κ1) is 21.3. The number of anilines is 1. The number of fused-ring (bicyclic) bond motifs is 1. The fourth-order valence-electron chi connectivity index (χ4n) is 4.46. The molecule has 5 nitrogen and oxygen atoms in total. The smallest absolute Gasteiger partial charge is 0.144 e. The van der Waals surface area contributed by atoms with Crippen LogP contribution in [0.3, 0.4) is 0 Å². The van der Waals surface area contributed by atoms with Gasteiger partial charge in [-0.3, -0.25) is 5.01 Å². The first-order valence-electron chi connectivity index (χ1n) is 10.7. The van der Waals surface area contributed by atoms with Crippen molar-refractivity contribution in [3.05, 3.63) is 101 Å². The minimum atomic E-state index is -0.0255. The van der Waals surface area contributed by atoms with Gasteiger partial charge >= 0.3 is 0 Å². The lowest BCUT2D eigenvalue weighted by Gasteiger charge is -2.24. The summed E-state index contributed by atoms with van der Waals surface area (Å²) in [4.78, 5) is 0. The number of rotatable bonds is 6. The van der Waals surface area contributed by atoms with Gasteiger partial charge in [0.25, 0.3) is 0 Å². The molecule has 166 valence electrons. The number of methoxy groups -OCH3 is 1. The highest BCUT2D eigenvalue weighted by atomic mass is 79.9. The molecule has 33 heavy (non-hydrogen) atoms. The highest BCUT2D eigenvalue weighted by Crippen LogP contribution is 2.45. The second-order valence-corrected chi connectivity index (χ2v) is 8.81. The van der Waals surface area contributed by atoms with Crippen molar-refractivity contribution >= 4 is 38.3 Å². The molecule has 1 N–H and O–H groups in total. The number of ether oxygens (including phenoxy) is 1. The number of aromatic hydroxyl groups is 1. The summed E-state index contributed by atoms with van der Waals surface area (Å²) in [5.41, 5.74) is 4.76. The number of nitrogens with zero attached hydrogens (tertiary/aromatic N) is 2. The maximum absolute atomic E-state index is 11.4. The molecule has 0 fully saturated rings. The average molecular weight is 503 g/mol. The third kappa shape index (κ3) is 3.70. The van der Waals surface area contributed by atoms with E-state index >= 15 is 0 Å². The Kier molecular flexibility index (Phi) is 5.68. The fraction of sp³-hybridized carbons (Fsp3) is 0.148. The quantitative estimate of drug-likeness (QED) is 0.288. The van der Waals surface area contributed by atoms with Crippen molar-refractivity contribution in [2.24, 2.45) is 5.10 Å². The van der Waals surface area contributed by atoms with Crippen LogP contribution in [0.2, 0.25) is 0 Å². The lowest BCUT2D eigenvalue weighted by molar-refractivity contribution is 0.409. The van der Waals surface area contributed by atoms with Gasteiger partial charge in [-0.2, -0.15) is 5.10 Å². The maximum atomic E-state index is 11.4. The molecule has 0 aliphatic carbocycles. The SMILES string of the molecule is C=CCc1c(O)c(C2=NN(c3ccccc3)C(c3ccc(Br)cc3)C2)c(OC)c2ccoc12. The van der Waals surface area contributed by atoms with Gasteiger partial charge in [0, 0.05) is 16.5 Å². The number of para-hydroxylation sites is 1. The highest BCUT2D eigenvalue weighted by molar-refractivity contribution is 9.10. The van der Waals surface area contributed by atoms with Gasteiger partial charge in [0.1, 0.15) is 17.1 Å². The van der Waals surface area contributed by atoms with Crippen LogP contribution in [0.5, 0.6) is 11.5 Å². The first-order chi connectivity index (χ1) is 16.1. The van der Waals surface area contributed by atoms with E-state index < -0.39 is 0 Å². The Morgan fingerprint density at radius 2 is 1.94 bits per heavy atom. The number of benzene rings is 3. The van der Waals surface area contributed by atoms with E-state index in [-0.39, 0.29) is 11.8 Å². The van der Waals surface area contributed by atoms with E-state index in [1.54, 1.807) is 19.4 Å². The third-order valence-electron chi connectivity index (χ3n) is 5.96. The van der Waals surface area contributed by atoms with Crippen molar-refractivity contribution in [2.45, 2.75) is 18.9 Å². The lowest BCUT2D eigenvalue weighted by Crippen LogP contribution is -2.18. The van der Waals surface area contributed by atoms with E-state index in [9.17, 15) is 5.11 Å². The fourth-order valence-corrected chi connectivity index (χ4v) is 4.72. The molecule has 3 aromatic carbocycles.